The molecule has 0 aliphatic rings. The van der Waals surface area contributed by atoms with Crippen molar-refractivity contribution >= 4 is 29.2 Å². The van der Waals surface area contributed by atoms with E-state index in [4.69, 9.17) is 16.3 Å². The fraction of sp³-hybridized carbons (Fsp3) is 0.278. The van der Waals surface area contributed by atoms with E-state index in [0.29, 0.717) is 28.9 Å². The van der Waals surface area contributed by atoms with Crippen LogP contribution in [0.15, 0.2) is 41.3 Å². The second-order valence-electron chi connectivity index (χ2n) is 5.77. The van der Waals surface area contributed by atoms with E-state index in [0.717, 1.165) is 0 Å². The highest BCUT2D eigenvalue weighted by molar-refractivity contribution is 6.30. The highest BCUT2D eigenvalue weighted by Gasteiger charge is 2.32. The Balaban J connectivity index is 2.09. The third-order valence-corrected chi connectivity index (χ3v) is 3.80. The number of hydrogen-bond acceptors (Lipinski definition) is 4. The van der Waals surface area contributed by atoms with Gasteiger partial charge < -0.3 is 14.6 Å². The van der Waals surface area contributed by atoms with Gasteiger partial charge in [0.15, 0.2) is 0 Å². The highest BCUT2D eigenvalue weighted by Crippen LogP contribution is 2.29. The fourth-order valence-electron chi connectivity index (χ4n) is 2.19. The maximum absolute atomic E-state index is 12.8. The topological polar surface area (TPSA) is 77.4 Å². The van der Waals surface area contributed by atoms with Crippen molar-refractivity contribution in [1.82, 2.24) is 4.57 Å². The Morgan fingerprint density at radius 1 is 1.21 bits per heavy atom. The normalized spacial score (nSPS) is 11.2. The number of rotatable bonds is 6. The van der Waals surface area contributed by atoms with Crippen LogP contribution in [0.25, 0.3) is 0 Å². The molecule has 1 N–H and O–H groups in total. The SMILES string of the molecule is CCCOC(=O)c1ccc(NC(=O)Cn2cc(C(F)(F)F)cc(Cl)c2=O)cc1. The number of hydrogen-bond donors (Lipinski definition) is 1. The number of nitrogens with zero attached hydrogens (tertiary/aromatic N) is 1. The number of amides is 1. The van der Waals surface area contributed by atoms with Crippen LogP contribution in [0.2, 0.25) is 5.02 Å². The predicted octanol–water partition coefficient (Wildman–Crippen LogP) is 3.73. The zero-order valence-corrected chi connectivity index (χ0v) is 15.4. The van der Waals surface area contributed by atoms with Crippen LogP contribution >= 0.6 is 11.6 Å². The summed E-state index contributed by atoms with van der Waals surface area (Å²) in [5, 5.41) is 1.79. The zero-order chi connectivity index (χ0) is 20.9. The molecule has 10 heteroatoms. The summed E-state index contributed by atoms with van der Waals surface area (Å²) in [6.45, 7) is 1.48. The van der Waals surface area contributed by atoms with E-state index in [1.54, 1.807) is 0 Å². The van der Waals surface area contributed by atoms with Crippen molar-refractivity contribution in [3.8, 4) is 0 Å². The number of carbonyl (C=O) groups excluding carboxylic acids is 2. The molecule has 2 rings (SSSR count). The highest BCUT2D eigenvalue weighted by atomic mass is 35.5. The smallest absolute Gasteiger partial charge is 0.417 e. The van der Waals surface area contributed by atoms with Gasteiger partial charge in [0.05, 0.1) is 17.7 Å². The van der Waals surface area contributed by atoms with Crippen molar-refractivity contribution in [2.24, 2.45) is 0 Å². The molecule has 0 spiro atoms. The molecule has 0 aliphatic heterocycles. The molecule has 0 atom stereocenters. The Bertz CT molecular complexity index is 924. The Hall–Kier alpha value is -2.81. The van der Waals surface area contributed by atoms with Crippen LogP contribution in [0, 0.1) is 0 Å². The Morgan fingerprint density at radius 3 is 2.43 bits per heavy atom. The first-order chi connectivity index (χ1) is 13.1. The van der Waals surface area contributed by atoms with E-state index >= 15 is 0 Å². The zero-order valence-electron chi connectivity index (χ0n) is 14.7. The van der Waals surface area contributed by atoms with Gasteiger partial charge in [0, 0.05) is 11.9 Å². The molecule has 0 radical (unpaired) electrons. The summed E-state index contributed by atoms with van der Waals surface area (Å²) in [4.78, 5) is 35.7. The molecule has 1 aromatic carbocycles. The van der Waals surface area contributed by atoms with Crippen LogP contribution in [-0.2, 0) is 22.3 Å². The lowest BCUT2D eigenvalue weighted by atomic mass is 10.2. The molecule has 150 valence electrons. The number of carbonyl (C=O) groups is 2. The number of aromatic nitrogens is 1. The van der Waals surface area contributed by atoms with E-state index in [1.165, 1.54) is 24.3 Å². The maximum atomic E-state index is 12.8. The first-order valence-corrected chi connectivity index (χ1v) is 8.54. The van der Waals surface area contributed by atoms with Crippen LogP contribution in [0.5, 0.6) is 0 Å². The lowest BCUT2D eigenvalue weighted by Crippen LogP contribution is -2.29. The summed E-state index contributed by atoms with van der Waals surface area (Å²) in [7, 11) is 0. The second kappa shape index (κ2) is 8.92. The quantitative estimate of drug-likeness (QED) is 0.728. The summed E-state index contributed by atoms with van der Waals surface area (Å²) in [5.41, 5.74) is -1.48. The molecule has 0 saturated heterocycles. The molecule has 0 aliphatic carbocycles. The molecular formula is C18H16ClF3N2O4. The van der Waals surface area contributed by atoms with E-state index in [1.807, 2.05) is 6.92 Å². The number of pyridine rings is 1. The molecule has 1 heterocycles. The van der Waals surface area contributed by atoms with Gasteiger partial charge in [-0.1, -0.05) is 18.5 Å². The molecule has 28 heavy (non-hydrogen) atoms. The second-order valence-corrected chi connectivity index (χ2v) is 6.18. The van der Waals surface area contributed by atoms with Gasteiger partial charge in [-0.3, -0.25) is 9.59 Å². The average molecular weight is 417 g/mol. The minimum Gasteiger partial charge on any atom is -0.462 e. The van der Waals surface area contributed by atoms with E-state index < -0.39 is 40.7 Å². The molecule has 1 aromatic heterocycles. The Labute approximate surface area is 162 Å². The molecule has 0 bridgehead atoms. The minimum atomic E-state index is -4.71. The van der Waals surface area contributed by atoms with E-state index in [2.05, 4.69) is 5.32 Å². The van der Waals surface area contributed by atoms with Gasteiger partial charge in [-0.2, -0.15) is 13.2 Å². The van der Waals surface area contributed by atoms with Crippen LogP contribution < -0.4 is 10.9 Å². The summed E-state index contributed by atoms with van der Waals surface area (Å²) < 4.78 is 44.0. The molecule has 2 aromatic rings. The Morgan fingerprint density at radius 2 is 1.86 bits per heavy atom. The van der Waals surface area contributed by atoms with Crippen molar-refractivity contribution in [2.75, 3.05) is 11.9 Å². The maximum Gasteiger partial charge on any atom is 0.417 e. The molecule has 0 fully saturated rings. The van der Waals surface area contributed by atoms with Gasteiger partial charge >= 0.3 is 12.1 Å². The number of ether oxygens (including phenoxy) is 1. The van der Waals surface area contributed by atoms with Crippen LogP contribution in [0.1, 0.15) is 29.3 Å². The monoisotopic (exact) mass is 416 g/mol. The van der Waals surface area contributed by atoms with Crippen LogP contribution in [-0.4, -0.2) is 23.1 Å². The number of halogens is 4. The van der Waals surface area contributed by atoms with Gasteiger partial charge in [-0.25, -0.2) is 4.79 Å². The number of anilines is 1. The number of benzene rings is 1. The number of esters is 1. The summed E-state index contributed by atoms with van der Waals surface area (Å²) in [6, 6.07) is 6.24. The number of alkyl halides is 3. The average Bonchev–Trinajstić information content (AvgIpc) is 2.63. The van der Waals surface area contributed by atoms with E-state index in [9.17, 15) is 27.6 Å². The van der Waals surface area contributed by atoms with Gasteiger partial charge in [0.1, 0.15) is 11.6 Å². The van der Waals surface area contributed by atoms with Gasteiger partial charge in [0.25, 0.3) is 5.56 Å². The third-order valence-electron chi connectivity index (χ3n) is 3.53. The van der Waals surface area contributed by atoms with Crippen molar-refractivity contribution < 1.29 is 27.5 Å². The summed E-state index contributed by atoms with van der Waals surface area (Å²) in [6.07, 6.45) is -3.50. The van der Waals surface area contributed by atoms with Gasteiger partial charge in [-0.15, -0.1) is 0 Å². The third kappa shape index (κ3) is 5.59. The van der Waals surface area contributed by atoms with Crippen molar-refractivity contribution in [3.63, 3.8) is 0 Å². The van der Waals surface area contributed by atoms with Crippen LogP contribution in [0.3, 0.4) is 0 Å². The molecule has 1 amide bonds. The van der Waals surface area contributed by atoms with Crippen molar-refractivity contribution in [3.05, 3.63) is 63.0 Å². The lowest BCUT2D eigenvalue weighted by molar-refractivity contribution is -0.138. The molecular weight excluding hydrogens is 401 g/mol. The summed E-state index contributed by atoms with van der Waals surface area (Å²) >= 11 is 5.54. The lowest BCUT2D eigenvalue weighted by Gasteiger charge is -2.12. The summed E-state index contributed by atoms with van der Waals surface area (Å²) in [5.74, 6) is -1.25. The predicted molar refractivity (Wildman–Crippen MR) is 96.4 cm³/mol. The van der Waals surface area contributed by atoms with Gasteiger partial charge in [0.2, 0.25) is 5.91 Å². The van der Waals surface area contributed by atoms with Crippen molar-refractivity contribution in [2.45, 2.75) is 26.1 Å². The molecule has 0 saturated carbocycles. The Kier molecular flexibility index (Phi) is 6.85. The first kappa shape index (κ1) is 21.5. The standard InChI is InChI=1S/C18H16ClF3N2O4/c1-2-7-28-17(27)11-3-5-13(6-4-11)23-15(25)10-24-9-12(18(20,21)22)8-14(19)16(24)26/h3-6,8-9H,2,7,10H2,1H3,(H,23,25). The fourth-order valence-corrected chi connectivity index (χ4v) is 2.42. The number of nitrogens with one attached hydrogen (secondary N) is 1. The molecule has 6 nitrogen and oxygen atoms in total. The minimum absolute atomic E-state index is 0.283. The molecule has 0 unspecified atom stereocenters. The first-order valence-electron chi connectivity index (χ1n) is 8.16. The largest absolute Gasteiger partial charge is 0.462 e. The van der Waals surface area contributed by atoms with E-state index in [-0.39, 0.29) is 12.2 Å². The van der Waals surface area contributed by atoms with Crippen LogP contribution in [0.4, 0.5) is 18.9 Å². The van der Waals surface area contributed by atoms with Crippen molar-refractivity contribution in [1.29, 1.82) is 0 Å². The van der Waals surface area contributed by atoms with Gasteiger partial charge in [-0.05, 0) is 36.8 Å².